The molecule has 0 saturated carbocycles. The van der Waals surface area contributed by atoms with Crippen molar-refractivity contribution in [1.82, 2.24) is 9.88 Å². The Hall–Kier alpha value is -0.930. The van der Waals surface area contributed by atoms with Crippen molar-refractivity contribution in [3.8, 4) is 0 Å². The quantitative estimate of drug-likeness (QED) is 0.767. The van der Waals surface area contributed by atoms with E-state index in [2.05, 4.69) is 23.0 Å². The molecule has 1 aromatic heterocycles. The first-order valence-corrected chi connectivity index (χ1v) is 5.98. The number of hydrogen-bond donors (Lipinski definition) is 1. The fraction of sp³-hybridized carbons (Fsp3) is 0.615. The van der Waals surface area contributed by atoms with Gasteiger partial charge in [0.15, 0.2) is 0 Å². The van der Waals surface area contributed by atoms with E-state index in [0.717, 1.165) is 32.4 Å². The van der Waals surface area contributed by atoms with Crippen LogP contribution in [-0.2, 0) is 6.54 Å². The molecule has 3 heteroatoms. The highest BCUT2D eigenvalue weighted by molar-refractivity contribution is 5.07. The molecule has 0 bridgehead atoms. The maximum Gasteiger partial charge on any atom is 0.0538 e. The van der Waals surface area contributed by atoms with Gasteiger partial charge in [0.25, 0.3) is 0 Å². The normalized spacial score (nSPS) is 13.0. The Morgan fingerprint density at radius 2 is 2.31 bits per heavy atom. The van der Waals surface area contributed by atoms with Crippen molar-refractivity contribution in [3.05, 3.63) is 30.1 Å². The van der Waals surface area contributed by atoms with Crippen molar-refractivity contribution in [2.45, 2.75) is 38.8 Å². The van der Waals surface area contributed by atoms with Gasteiger partial charge in [0.2, 0.25) is 0 Å². The molecule has 0 saturated heterocycles. The lowest BCUT2D eigenvalue weighted by molar-refractivity contribution is 0.151. The second-order valence-corrected chi connectivity index (χ2v) is 4.30. The smallest absolute Gasteiger partial charge is 0.0538 e. The van der Waals surface area contributed by atoms with Gasteiger partial charge in [-0.15, -0.1) is 0 Å². The fourth-order valence-corrected chi connectivity index (χ4v) is 1.68. The predicted molar refractivity (Wildman–Crippen MR) is 66.1 cm³/mol. The Kier molecular flexibility index (Phi) is 6.04. The molecule has 0 amide bonds. The Morgan fingerprint density at radius 3 is 2.94 bits per heavy atom. The van der Waals surface area contributed by atoms with E-state index in [4.69, 9.17) is 0 Å². The molecule has 16 heavy (non-hydrogen) atoms. The van der Waals surface area contributed by atoms with Crippen LogP contribution < -0.4 is 0 Å². The predicted octanol–water partition coefficient (Wildman–Crippen LogP) is 2.06. The van der Waals surface area contributed by atoms with Crippen LogP contribution in [0.3, 0.4) is 0 Å². The van der Waals surface area contributed by atoms with Gasteiger partial charge in [0.1, 0.15) is 0 Å². The van der Waals surface area contributed by atoms with Crippen LogP contribution in [0.25, 0.3) is 0 Å². The highest BCUT2D eigenvalue weighted by Gasteiger charge is 2.03. The van der Waals surface area contributed by atoms with Gasteiger partial charge in [-0.2, -0.15) is 0 Å². The molecular formula is C13H22N2O. The van der Waals surface area contributed by atoms with Crippen LogP contribution in [0.4, 0.5) is 0 Å². The number of aromatic nitrogens is 1. The molecule has 1 unspecified atom stereocenters. The van der Waals surface area contributed by atoms with Crippen molar-refractivity contribution in [3.63, 3.8) is 0 Å². The largest absolute Gasteiger partial charge is 0.393 e. The molecule has 0 fully saturated rings. The number of rotatable bonds is 7. The summed E-state index contributed by atoms with van der Waals surface area (Å²) in [7, 11) is 2.10. The molecule has 3 nitrogen and oxygen atoms in total. The van der Waals surface area contributed by atoms with Crippen LogP contribution in [0.15, 0.2) is 24.5 Å². The van der Waals surface area contributed by atoms with Crippen LogP contribution >= 0.6 is 0 Å². The van der Waals surface area contributed by atoms with Crippen LogP contribution in [-0.4, -0.2) is 34.7 Å². The second-order valence-electron chi connectivity index (χ2n) is 4.30. The zero-order chi connectivity index (χ0) is 11.8. The minimum atomic E-state index is -0.133. The molecule has 1 N–H and O–H groups in total. The lowest BCUT2D eigenvalue weighted by Crippen LogP contribution is -2.20. The van der Waals surface area contributed by atoms with Gasteiger partial charge >= 0.3 is 0 Å². The molecule has 0 spiro atoms. The summed E-state index contributed by atoms with van der Waals surface area (Å²) in [5.74, 6) is 0. The first kappa shape index (κ1) is 13.1. The zero-order valence-corrected chi connectivity index (χ0v) is 10.3. The van der Waals surface area contributed by atoms with E-state index in [-0.39, 0.29) is 6.10 Å². The number of pyridine rings is 1. The number of aliphatic hydroxyl groups excluding tert-OH is 1. The Morgan fingerprint density at radius 1 is 1.50 bits per heavy atom. The van der Waals surface area contributed by atoms with E-state index in [1.54, 1.807) is 6.20 Å². The lowest BCUT2D eigenvalue weighted by atomic mass is 10.1. The molecule has 0 aliphatic carbocycles. The summed E-state index contributed by atoms with van der Waals surface area (Å²) >= 11 is 0. The van der Waals surface area contributed by atoms with Crippen molar-refractivity contribution in [2.75, 3.05) is 13.6 Å². The Bertz CT molecular complexity index is 277. The fourth-order valence-electron chi connectivity index (χ4n) is 1.68. The summed E-state index contributed by atoms with van der Waals surface area (Å²) < 4.78 is 0. The van der Waals surface area contributed by atoms with Gasteiger partial charge in [-0.3, -0.25) is 4.98 Å². The standard InChI is InChI=1S/C13H22N2O/c1-3-13(16)7-5-9-15(2)11-12-6-4-8-14-10-12/h4,6,8,10,13,16H,3,5,7,9,11H2,1-2H3. The summed E-state index contributed by atoms with van der Waals surface area (Å²) in [6, 6.07) is 4.05. The number of hydrogen-bond acceptors (Lipinski definition) is 3. The van der Waals surface area contributed by atoms with Gasteiger partial charge in [-0.25, -0.2) is 0 Å². The van der Waals surface area contributed by atoms with Gasteiger partial charge in [-0.1, -0.05) is 13.0 Å². The van der Waals surface area contributed by atoms with Crippen molar-refractivity contribution in [2.24, 2.45) is 0 Å². The summed E-state index contributed by atoms with van der Waals surface area (Å²) in [5, 5.41) is 9.43. The molecule has 0 radical (unpaired) electrons. The number of nitrogens with zero attached hydrogens (tertiary/aromatic N) is 2. The van der Waals surface area contributed by atoms with Crippen LogP contribution in [0, 0.1) is 0 Å². The van der Waals surface area contributed by atoms with Gasteiger partial charge < -0.3 is 10.0 Å². The number of aliphatic hydroxyl groups is 1. The molecule has 1 heterocycles. The molecule has 0 aliphatic heterocycles. The van der Waals surface area contributed by atoms with Gasteiger partial charge in [-0.05, 0) is 44.5 Å². The summed E-state index contributed by atoms with van der Waals surface area (Å²) in [6.45, 7) is 3.96. The minimum Gasteiger partial charge on any atom is -0.393 e. The summed E-state index contributed by atoms with van der Waals surface area (Å²) in [4.78, 5) is 6.36. The first-order valence-electron chi connectivity index (χ1n) is 5.98. The van der Waals surface area contributed by atoms with Gasteiger partial charge in [0.05, 0.1) is 6.10 Å². The topological polar surface area (TPSA) is 36.4 Å². The maximum absolute atomic E-state index is 9.43. The maximum atomic E-state index is 9.43. The van der Waals surface area contributed by atoms with E-state index in [1.807, 2.05) is 19.2 Å². The van der Waals surface area contributed by atoms with Crippen molar-refractivity contribution in [1.29, 1.82) is 0 Å². The average molecular weight is 222 g/mol. The van der Waals surface area contributed by atoms with E-state index in [9.17, 15) is 5.11 Å². The van der Waals surface area contributed by atoms with Gasteiger partial charge in [0, 0.05) is 18.9 Å². The van der Waals surface area contributed by atoms with E-state index in [1.165, 1.54) is 5.56 Å². The van der Waals surface area contributed by atoms with Crippen LogP contribution in [0.1, 0.15) is 31.7 Å². The van der Waals surface area contributed by atoms with E-state index < -0.39 is 0 Å². The van der Waals surface area contributed by atoms with E-state index in [0.29, 0.717) is 0 Å². The third kappa shape index (κ3) is 5.24. The molecule has 1 aromatic rings. The third-order valence-corrected chi connectivity index (χ3v) is 2.72. The Labute approximate surface area is 98.1 Å². The Balaban J connectivity index is 2.19. The highest BCUT2D eigenvalue weighted by Crippen LogP contribution is 2.05. The van der Waals surface area contributed by atoms with Crippen molar-refractivity contribution >= 4 is 0 Å². The molecule has 90 valence electrons. The molecule has 1 rings (SSSR count). The monoisotopic (exact) mass is 222 g/mol. The van der Waals surface area contributed by atoms with Crippen molar-refractivity contribution < 1.29 is 5.11 Å². The third-order valence-electron chi connectivity index (χ3n) is 2.72. The molecule has 1 atom stereocenters. The minimum absolute atomic E-state index is 0.133. The second kappa shape index (κ2) is 7.36. The first-order chi connectivity index (χ1) is 7.72. The average Bonchev–Trinajstić information content (AvgIpc) is 2.30. The zero-order valence-electron chi connectivity index (χ0n) is 10.3. The summed E-state index contributed by atoms with van der Waals surface area (Å²) in [6.07, 6.45) is 6.36. The van der Waals surface area contributed by atoms with Crippen LogP contribution in [0.2, 0.25) is 0 Å². The lowest BCUT2D eigenvalue weighted by Gasteiger charge is -2.17. The molecule has 0 aliphatic rings. The van der Waals surface area contributed by atoms with Crippen LogP contribution in [0.5, 0.6) is 0 Å². The van der Waals surface area contributed by atoms with E-state index >= 15 is 0 Å². The molecular weight excluding hydrogens is 200 g/mol. The highest BCUT2D eigenvalue weighted by atomic mass is 16.3. The molecule has 0 aromatic carbocycles. The SMILES string of the molecule is CCC(O)CCCN(C)Cc1cccnc1. The summed E-state index contributed by atoms with van der Waals surface area (Å²) in [5.41, 5.74) is 1.24.